The lowest BCUT2D eigenvalue weighted by atomic mass is 10.0. The maximum atomic E-state index is 11.6. The van der Waals surface area contributed by atoms with E-state index in [0.29, 0.717) is 0 Å². The van der Waals surface area contributed by atoms with Crippen LogP contribution in [0.1, 0.15) is 17.2 Å². The molecule has 0 amide bonds. The van der Waals surface area contributed by atoms with E-state index < -0.39 is 12.0 Å². The van der Waals surface area contributed by atoms with Crippen LogP contribution in [0.2, 0.25) is 0 Å². The predicted molar refractivity (Wildman–Crippen MR) is 76.4 cm³/mol. The van der Waals surface area contributed by atoms with Crippen molar-refractivity contribution < 1.29 is 9.90 Å². The Balaban J connectivity index is 2.38. The van der Waals surface area contributed by atoms with Gasteiger partial charge in [0, 0.05) is 12.7 Å². The molecule has 19 heavy (non-hydrogen) atoms. The van der Waals surface area contributed by atoms with Crippen molar-refractivity contribution in [2.45, 2.75) is 13.0 Å². The molecule has 0 saturated carbocycles. The molecule has 2 aromatic carbocycles. The van der Waals surface area contributed by atoms with Crippen LogP contribution in [0.15, 0.2) is 54.6 Å². The van der Waals surface area contributed by atoms with Gasteiger partial charge in [-0.1, -0.05) is 42.5 Å². The zero-order chi connectivity index (χ0) is 13.8. The number of carboxylic acids is 1. The lowest BCUT2D eigenvalue weighted by Gasteiger charge is -2.27. The van der Waals surface area contributed by atoms with Crippen molar-refractivity contribution in [3.63, 3.8) is 0 Å². The molecule has 0 spiro atoms. The third-order valence-electron chi connectivity index (χ3n) is 3.15. The first-order valence-electron chi connectivity index (χ1n) is 6.17. The van der Waals surface area contributed by atoms with Crippen LogP contribution in [0.4, 0.5) is 5.69 Å². The van der Waals surface area contributed by atoms with Gasteiger partial charge in [0.1, 0.15) is 0 Å². The molecule has 0 heterocycles. The first kappa shape index (κ1) is 13.1. The van der Waals surface area contributed by atoms with Gasteiger partial charge in [-0.25, -0.2) is 4.79 Å². The summed E-state index contributed by atoms with van der Waals surface area (Å²) >= 11 is 0. The Morgan fingerprint density at radius 3 is 2.37 bits per heavy atom. The Morgan fingerprint density at radius 2 is 1.79 bits per heavy atom. The Bertz CT molecular complexity index is 566. The highest BCUT2D eigenvalue weighted by Gasteiger charge is 2.24. The van der Waals surface area contributed by atoms with Crippen LogP contribution < -0.4 is 4.90 Å². The van der Waals surface area contributed by atoms with Crippen LogP contribution in [-0.2, 0) is 4.79 Å². The molecule has 1 unspecified atom stereocenters. The summed E-state index contributed by atoms with van der Waals surface area (Å²) in [6, 6.07) is 16.4. The number of nitrogens with zero attached hydrogens (tertiary/aromatic N) is 1. The molecule has 0 aliphatic rings. The number of aliphatic carboxylic acids is 1. The SMILES string of the molecule is Cc1cccc(N(C)C(C(=O)O)c2ccccc2)c1. The molecular formula is C16H17NO2. The number of aryl methyl sites for hydroxylation is 1. The quantitative estimate of drug-likeness (QED) is 0.911. The predicted octanol–water partition coefficient (Wildman–Crippen LogP) is 3.26. The van der Waals surface area contributed by atoms with Gasteiger partial charge < -0.3 is 10.0 Å². The van der Waals surface area contributed by atoms with Crippen LogP contribution in [-0.4, -0.2) is 18.1 Å². The third kappa shape index (κ3) is 2.94. The van der Waals surface area contributed by atoms with Crippen LogP contribution >= 0.6 is 0 Å². The van der Waals surface area contributed by atoms with E-state index in [4.69, 9.17) is 0 Å². The van der Waals surface area contributed by atoms with E-state index in [-0.39, 0.29) is 0 Å². The highest BCUT2D eigenvalue weighted by atomic mass is 16.4. The number of hydrogen-bond donors (Lipinski definition) is 1. The smallest absolute Gasteiger partial charge is 0.331 e. The van der Waals surface area contributed by atoms with Crippen molar-refractivity contribution in [3.05, 3.63) is 65.7 Å². The van der Waals surface area contributed by atoms with Crippen molar-refractivity contribution in [2.24, 2.45) is 0 Å². The molecule has 1 atom stereocenters. The topological polar surface area (TPSA) is 40.5 Å². The molecule has 0 aromatic heterocycles. The minimum absolute atomic E-state index is 0.678. The Kier molecular flexibility index (Phi) is 3.85. The molecule has 0 fully saturated rings. The van der Waals surface area contributed by atoms with E-state index in [9.17, 15) is 9.90 Å². The maximum Gasteiger partial charge on any atom is 0.331 e. The lowest BCUT2D eigenvalue weighted by molar-refractivity contribution is -0.138. The highest BCUT2D eigenvalue weighted by Crippen LogP contribution is 2.26. The largest absolute Gasteiger partial charge is 0.479 e. The Hall–Kier alpha value is -2.29. The number of anilines is 1. The van der Waals surface area contributed by atoms with E-state index in [1.54, 1.807) is 11.9 Å². The summed E-state index contributed by atoms with van der Waals surface area (Å²) < 4.78 is 0. The maximum absolute atomic E-state index is 11.6. The van der Waals surface area contributed by atoms with Crippen molar-refractivity contribution >= 4 is 11.7 Å². The fourth-order valence-electron chi connectivity index (χ4n) is 2.16. The van der Waals surface area contributed by atoms with Gasteiger partial charge in [-0.05, 0) is 30.2 Å². The second kappa shape index (κ2) is 5.57. The molecule has 3 heteroatoms. The van der Waals surface area contributed by atoms with Gasteiger partial charge >= 0.3 is 5.97 Å². The van der Waals surface area contributed by atoms with Gasteiger partial charge in [-0.15, -0.1) is 0 Å². The van der Waals surface area contributed by atoms with E-state index in [0.717, 1.165) is 16.8 Å². The number of likely N-dealkylation sites (N-methyl/N-ethyl adjacent to an activating group) is 1. The van der Waals surface area contributed by atoms with Crippen LogP contribution in [0.3, 0.4) is 0 Å². The Labute approximate surface area is 113 Å². The number of carbonyl (C=O) groups is 1. The summed E-state index contributed by atoms with van der Waals surface area (Å²) in [5.41, 5.74) is 2.79. The molecule has 2 rings (SSSR count). The molecule has 0 aliphatic carbocycles. The molecule has 0 bridgehead atoms. The van der Waals surface area contributed by atoms with Gasteiger partial charge in [0.2, 0.25) is 0 Å². The molecule has 0 saturated heterocycles. The number of carboxylic acid groups (broad SMARTS) is 1. The van der Waals surface area contributed by atoms with Gasteiger partial charge in [-0.3, -0.25) is 0 Å². The van der Waals surface area contributed by atoms with Crippen molar-refractivity contribution in [1.29, 1.82) is 0 Å². The molecular weight excluding hydrogens is 238 g/mol. The standard InChI is InChI=1S/C16H17NO2/c1-12-7-6-10-14(11-12)17(2)15(16(18)19)13-8-4-3-5-9-13/h3-11,15H,1-2H3,(H,18,19). The average Bonchev–Trinajstić information content (AvgIpc) is 2.39. The first-order valence-corrected chi connectivity index (χ1v) is 6.17. The summed E-state index contributed by atoms with van der Waals surface area (Å²) in [5, 5.41) is 9.49. The van der Waals surface area contributed by atoms with Gasteiger partial charge in [-0.2, -0.15) is 0 Å². The van der Waals surface area contributed by atoms with Crippen LogP contribution in [0.5, 0.6) is 0 Å². The average molecular weight is 255 g/mol. The fourth-order valence-corrected chi connectivity index (χ4v) is 2.16. The van der Waals surface area contributed by atoms with E-state index in [2.05, 4.69) is 0 Å². The summed E-state index contributed by atoms with van der Waals surface area (Å²) in [6.45, 7) is 2.00. The molecule has 0 aliphatic heterocycles. The molecule has 98 valence electrons. The number of hydrogen-bond acceptors (Lipinski definition) is 2. The highest BCUT2D eigenvalue weighted by molar-refractivity contribution is 5.80. The second-order valence-electron chi connectivity index (χ2n) is 4.60. The van der Waals surface area contributed by atoms with Crippen molar-refractivity contribution in [3.8, 4) is 0 Å². The third-order valence-corrected chi connectivity index (χ3v) is 3.15. The lowest BCUT2D eigenvalue weighted by Crippen LogP contribution is -2.30. The zero-order valence-corrected chi connectivity index (χ0v) is 11.1. The van der Waals surface area contributed by atoms with E-state index in [1.165, 1.54) is 0 Å². The molecule has 0 radical (unpaired) electrons. The Morgan fingerprint density at radius 1 is 1.11 bits per heavy atom. The van der Waals surface area contributed by atoms with Gasteiger partial charge in [0.05, 0.1) is 0 Å². The minimum Gasteiger partial charge on any atom is -0.479 e. The zero-order valence-electron chi connectivity index (χ0n) is 11.1. The summed E-state index contributed by atoms with van der Waals surface area (Å²) in [5.74, 6) is -0.852. The van der Waals surface area contributed by atoms with E-state index in [1.807, 2.05) is 61.5 Å². The molecule has 2 aromatic rings. The van der Waals surface area contributed by atoms with Crippen LogP contribution in [0, 0.1) is 6.92 Å². The molecule has 1 N–H and O–H groups in total. The van der Waals surface area contributed by atoms with Crippen molar-refractivity contribution in [2.75, 3.05) is 11.9 Å². The number of benzene rings is 2. The van der Waals surface area contributed by atoms with Gasteiger partial charge in [0.15, 0.2) is 6.04 Å². The fraction of sp³-hybridized carbons (Fsp3) is 0.188. The molecule has 3 nitrogen and oxygen atoms in total. The summed E-state index contributed by atoms with van der Waals surface area (Å²) in [7, 11) is 1.81. The first-order chi connectivity index (χ1) is 9.09. The van der Waals surface area contributed by atoms with E-state index >= 15 is 0 Å². The summed E-state index contributed by atoms with van der Waals surface area (Å²) in [6.07, 6.45) is 0. The number of rotatable bonds is 4. The van der Waals surface area contributed by atoms with Crippen LogP contribution in [0.25, 0.3) is 0 Å². The van der Waals surface area contributed by atoms with Crippen molar-refractivity contribution in [1.82, 2.24) is 0 Å². The summed E-state index contributed by atoms with van der Waals surface area (Å²) in [4.78, 5) is 13.3. The van der Waals surface area contributed by atoms with Gasteiger partial charge in [0.25, 0.3) is 0 Å². The monoisotopic (exact) mass is 255 g/mol. The second-order valence-corrected chi connectivity index (χ2v) is 4.60. The minimum atomic E-state index is -0.852. The normalized spacial score (nSPS) is 11.9.